The van der Waals surface area contributed by atoms with Crippen molar-refractivity contribution in [2.24, 2.45) is 0 Å². The zero-order valence-electron chi connectivity index (χ0n) is 11.3. The monoisotopic (exact) mass is 305 g/mol. The van der Waals surface area contributed by atoms with Gasteiger partial charge in [-0.1, -0.05) is 30.3 Å². The number of hydrogen-bond donors (Lipinski definition) is 0. The summed E-state index contributed by atoms with van der Waals surface area (Å²) in [5.74, 6) is -1.21. The minimum Gasteiger partial charge on any atom is -0.545 e. The van der Waals surface area contributed by atoms with Gasteiger partial charge in [-0.25, -0.2) is 9.97 Å². The lowest BCUT2D eigenvalue weighted by molar-refractivity contribution is -0.254. The van der Waals surface area contributed by atoms with Crippen LogP contribution in [0, 0.1) is 0 Å². The third-order valence-corrected chi connectivity index (χ3v) is 4.51. The first-order valence-corrected chi connectivity index (χ1v) is 7.51. The van der Waals surface area contributed by atoms with Crippen LogP contribution < -0.4 is 5.11 Å². The van der Waals surface area contributed by atoms with Crippen LogP contribution in [0.4, 0.5) is 0 Å². The molecule has 0 saturated carbocycles. The van der Waals surface area contributed by atoms with Crippen LogP contribution in [0.3, 0.4) is 0 Å². The van der Waals surface area contributed by atoms with Crippen molar-refractivity contribution in [2.45, 2.75) is 0 Å². The van der Waals surface area contributed by atoms with Gasteiger partial charge in [-0.05, 0) is 24.3 Å². The van der Waals surface area contributed by atoms with Gasteiger partial charge in [0, 0.05) is 10.9 Å². The summed E-state index contributed by atoms with van der Waals surface area (Å²) >= 11 is 1.49. The highest BCUT2D eigenvalue weighted by Crippen LogP contribution is 2.31. The number of rotatable bonds is 2. The molecule has 0 atom stereocenters. The van der Waals surface area contributed by atoms with E-state index in [0.29, 0.717) is 21.6 Å². The molecular weight excluding hydrogens is 296 g/mol. The van der Waals surface area contributed by atoms with Gasteiger partial charge < -0.3 is 9.90 Å². The number of fused-ring (bicyclic) bond motifs is 2. The van der Waals surface area contributed by atoms with E-state index in [1.165, 1.54) is 17.4 Å². The van der Waals surface area contributed by atoms with Gasteiger partial charge in [0.05, 0.1) is 21.7 Å². The van der Waals surface area contributed by atoms with Crippen molar-refractivity contribution < 1.29 is 9.90 Å². The van der Waals surface area contributed by atoms with Crippen molar-refractivity contribution in [3.8, 4) is 10.7 Å². The second kappa shape index (κ2) is 4.89. The topological polar surface area (TPSA) is 65.9 Å². The van der Waals surface area contributed by atoms with Crippen molar-refractivity contribution in [3.05, 3.63) is 60.2 Å². The van der Waals surface area contributed by atoms with Crippen LogP contribution in [-0.4, -0.2) is 15.9 Å². The molecule has 0 N–H and O–H groups in total. The molecule has 2 aromatic carbocycles. The quantitative estimate of drug-likeness (QED) is 0.571. The Morgan fingerprint density at radius 2 is 1.68 bits per heavy atom. The van der Waals surface area contributed by atoms with Crippen LogP contribution in [0.5, 0.6) is 0 Å². The number of carbonyl (C=O) groups excluding carboxylic acids is 1. The summed E-state index contributed by atoms with van der Waals surface area (Å²) in [6.45, 7) is 0. The van der Waals surface area contributed by atoms with E-state index in [0.717, 1.165) is 10.2 Å². The Bertz CT molecular complexity index is 990. The Hall–Kier alpha value is -2.79. The van der Waals surface area contributed by atoms with E-state index in [1.807, 2.05) is 30.3 Å². The van der Waals surface area contributed by atoms with Crippen LogP contribution in [0.1, 0.15) is 10.4 Å². The average Bonchev–Trinajstić information content (AvgIpc) is 2.97. The molecule has 0 aliphatic rings. The predicted molar refractivity (Wildman–Crippen MR) is 84.7 cm³/mol. The van der Waals surface area contributed by atoms with E-state index in [1.54, 1.807) is 18.2 Å². The number of nitrogens with zero attached hydrogens (tertiary/aromatic N) is 2. The summed E-state index contributed by atoms with van der Waals surface area (Å²) in [4.78, 5) is 20.5. The summed E-state index contributed by atoms with van der Waals surface area (Å²) in [5, 5.41) is 12.7. The van der Waals surface area contributed by atoms with E-state index >= 15 is 0 Å². The summed E-state index contributed by atoms with van der Waals surface area (Å²) in [5.41, 5.74) is 2.20. The Morgan fingerprint density at radius 3 is 2.45 bits per heavy atom. The first-order valence-electron chi connectivity index (χ1n) is 6.69. The number of carboxylic acid groups (broad SMARTS) is 1. The smallest absolute Gasteiger partial charge is 0.143 e. The van der Waals surface area contributed by atoms with Crippen LogP contribution in [-0.2, 0) is 0 Å². The number of aromatic nitrogens is 2. The van der Waals surface area contributed by atoms with E-state index in [9.17, 15) is 9.90 Å². The van der Waals surface area contributed by atoms with Crippen LogP contribution in [0.15, 0.2) is 54.6 Å². The van der Waals surface area contributed by atoms with Crippen LogP contribution >= 0.6 is 11.3 Å². The minimum absolute atomic E-state index is 0.139. The third-order valence-electron chi connectivity index (χ3n) is 3.45. The first-order chi connectivity index (χ1) is 10.7. The number of aromatic carboxylic acids is 1. The van der Waals surface area contributed by atoms with E-state index in [2.05, 4.69) is 9.97 Å². The van der Waals surface area contributed by atoms with E-state index in [4.69, 9.17) is 0 Å². The molecule has 4 nitrogen and oxygen atoms in total. The molecule has 0 amide bonds. The zero-order valence-corrected chi connectivity index (χ0v) is 12.1. The highest BCUT2D eigenvalue weighted by atomic mass is 32.1. The van der Waals surface area contributed by atoms with Crippen molar-refractivity contribution in [1.29, 1.82) is 0 Å². The fourth-order valence-electron chi connectivity index (χ4n) is 2.44. The van der Waals surface area contributed by atoms with Gasteiger partial charge in [-0.2, -0.15) is 0 Å². The second-order valence-electron chi connectivity index (χ2n) is 4.85. The van der Waals surface area contributed by atoms with Gasteiger partial charge in [0.2, 0.25) is 0 Å². The molecule has 106 valence electrons. The molecule has 0 bridgehead atoms. The molecule has 0 saturated heterocycles. The fraction of sp³-hybridized carbons (Fsp3) is 0. The summed E-state index contributed by atoms with van der Waals surface area (Å²) in [7, 11) is 0. The maximum Gasteiger partial charge on any atom is 0.143 e. The molecule has 2 heterocycles. The number of carbonyl (C=O) groups is 1. The number of benzene rings is 2. The summed E-state index contributed by atoms with van der Waals surface area (Å²) in [6, 6.07) is 16.5. The molecule has 22 heavy (non-hydrogen) atoms. The number of carboxylic acids is 1. The Morgan fingerprint density at radius 1 is 0.955 bits per heavy atom. The number of hydrogen-bond acceptors (Lipinski definition) is 5. The summed E-state index contributed by atoms with van der Waals surface area (Å²) < 4.78 is 1.04. The SMILES string of the molecule is O=C([O-])c1cc(-c2nc3ccccc3s2)nc2ccccc12. The van der Waals surface area contributed by atoms with E-state index in [-0.39, 0.29) is 5.56 Å². The van der Waals surface area contributed by atoms with Gasteiger partial charge in [0.25, 0.3) is 0 Å². The van der Waals surface area contributed by atoms with Gasteiger partial charge in [-0.15, -0.1) is 11.3 Å². The van der Waals surface area contributed by atoms with Gasteiger partial charge in [0.15, 0.2) is 0 Å². The molecular formula is C17H9N2O2S-. The third kappa shape index (κ3) is 2.03. The Kier molecular flexibility index (Phi) is 2.87. The molecule has 2 aromatic heterocycles. The van der Waals surface area contributed by atoms with Crippen molar-refractivity contribution in [2.75, 3.05) is 0 Å². The van der Waals surface area contributed by atoms with Crippen molar-refractivity contribution in [3.63, 3.8) is 0 Å². The molecule has 0 aliphatic carbocycles. The Labute approximate surface area is 129 Å². The molecule has 4 aromatic rings. The predicted octanol–water partition coefficient (Wildman–Crippen LogP) is 2.88. The van der Waals surface area contributed by atoms with Crippen molar-refractivity contribution in [1.82, 2.24) is 9.97 Å². The van der Waals surface area contributed by atoms with Crippen LogP contribution in [0.25, 0.3) is 31.8 Å². The van der Waals surface area contributed by atoms with Crippen molar-refractivity contribution >= 4 is 38.4 Å². The van der Waals surface area contributed by atoms with Gasteiger partial charge in [0.1, 0.15) is 10.7 Å². The minimum atomic E-state index is -1.21. The fourth-order valence-corrected chi connectivity index (χ4v) is 3.36. The van der Waals surface area contributed by atoms with Crippen LogP contribution in [0.2, 0.25) is 0 Å². The zero-order chi connectivity index (χ0) is 15.1. The number of pyridine rings is 1. The molecule has 5 heteroatoms. The lowest BCUT2D eigenvalue weighted by Crippen LogP contribution is -2.22. The standard InChI is InChI=1S/C17H10N2O2S/c20-17(21)11-9-14(18-12-6-2-1-5-10(11)12)16-19-13-7-3-4-8-15(13)22-16/h1-9H,(H,20,21)/p-1. The number of thiazole rings is 1. The van der Waals surface area contributed by atoms with Gasteiger partial charge in [-0.3, -0.25) is 0 Å². The maximum absolute atomic E-state index is 11.4. The second-order valence-corrected chi connectivity index (χ2v) is 5.88. The highest BCUT2D eigenvalue weighted by Gasteiger charge is 2.11. The Balaban J connectivity index is 2.00. The number of para-hydroxylation sites is 2. The lowest BCUT2D eigenvalue weighted by atomic mass is 10.1. The normalized spacial score (nSPS) is 11.1. The molecule has 0 radical (unpaired) electrons. The maximum atomic E-state index is 11.4. The molecule has 0 fully saturated rings. The van der Waals surface area contributed by atoms with Gasteiger partial charge >= 0.3 is 0 Å². The molecule has 0 unspecified atom stereocenters. The highest BCUT2D eigenvalue weighted by molar-refractivity contribution is 7.21. The summed E-state index contributed by atoms with van der Waals surface area (Å²) in [6.07, 6.45) is 0. The van der Waals surface area contributed by atoms with E-state index < -0.39 is 5.97 Å². The molecule has 0 aliphatic heterocycles. The largest absolute Gasteiger partial charge is 0.545 e. The average molecular weight is 305 g/mol. The lowest BCUT2D eigenvalue weighted by Gasteiger charge is -2.08. The molecule has 4 rings (SSSR count). The molecule has 0 spiro atoms. The first kappa shape index (κ1) is 12.9.